The zero-order valence-electron chi connectivity index (χ0n) is 16.7. The summed E-state index contributed by atoms with van der Waals surface area (Å²) in [5.41, 5.74) is 2.00. The molecule has 3 rings (SSSR count). The molecule has 2 N–H and O–H groups in total. The molecular weight excluding hydrogens is 374 g/mol. The van der Waals surface area contributed by atoms with Crippen molar-refractivity contribution < 1.29 is 9.47 Å². The maximum absolute atomic E-state index is 5.98. The molecular formula is C22H30ClN3O2. The maximum Gasteiger partial charge on any atom is 0.130 e. The van der Waals surface area contributed by atoms with Crippen molar-refractivity contribution in [2.24, 2.45) is 11.8 Å². The zero-order chi connectivity index (χ0) is 19.8. The third kappa shape index (κ3) is 6.97. The van der Waals surface area contributed by atoms with Gasteiger partial charge in [-0.1, -0.05) is 25.4 Å². The molecule has 0 bridgehead atoms. The molecule has 2 heterocycles. The van der Waals surface area contributed by atoms with Crippen molar-refractivity contribution in [3.8, 4) is 11.5 Å². The lowest BCUT2D eigenvalue weighted by Crippen LogP contribution is -2.24. The van der Waals surface area contributed by atoms with Crippen molar-refractivity contribution in [2.75, 3.05) is 26.2 Å². The molecule has 0 radical (unpaired) electrons. The van der Waals surface area contributed by atoms with E-state index in [2.05, 4.69) is 41.6 Å². The van der Waals surface area contributed by atoms with Crippen LogP contribution in [0.2, 0.25) is 5.02 Å². The number of halogens is 1. The Morgan fingerprint density at radius 3 is 2.71 bits per heavy atom. The van der Waals surface area contributed by atoms with Gasteiger partial charge in [0.2, 0.25) is 0 Å². The Morgan fingerprint density at radius 1 is 1.21 bits per heavy atom. The van der Waals surface area contributed by atoms with Gasteiger partial charge in [-0.15, -0.1) is 0 Å². The third-order valence-corrected chi connectivity index (χ3v) is 4.85. The summed E-state index contributed by atoms with van der Waals surface area (Å²) in [5, 5.41) is 7.60. The van der Waals surface area contributed by atoms with Gasteiger partial charge in [0.1, 0.15) is 18.1 Å². The van der Waals surface area contributed by atoms with E-state index in [0.717, 1.165) is 48.9 Å². The molecule has 0 saturated carbocycles. The summed E-state index contributed by atoms with van der Waals surface area (Å²) in [4.78, 5) is 4.28. The van der Waals surface area contributed by atoms with Crippen LogP contribution in [0, 0.1) is 11.8 Å². The normalized spacial score (nSPS) is 16.5. The molecule has 1 aromatic carbocycles. The Kier molecular flexibility index (Phi) is 7.95. The highest BCUT2D eigenvalue weighted by molar-refractivity contribution is 6.30. The highest BCUT2D eigenvalue weighted by atomic mass is 35.5. The average molecular weight is 404 g/mol. The first-order chi connectivity index (χ1) is 13.6. The number of nitrogens with one attached hydrogen (secondary N) is 2. The minimum atomic E-state index is 0.394. The van der Waals surface area contributed by atoms with Crippen LogP contribution in [-0.2, 0) is 13.2 Å². The minimum Gasteiger partial charge on any atom is -0.493 e. The van der Waals surface area contributed by atoms with E-state index in [-0.39, 0.29) is 0 Å². The van der Waals surface area contributed by atoms with E-state index in [4.69, 9.17) is 21.1 Å². The number of hydrogen-bond donors (Lipinski definition) is 2. The number of pyridine rings is 1. The first-order valence-electron chi connectivity index (χ1n) is 10.00. The van der Waals surface area contributed by atoms with Crippen LogP contribution >= 0.6 is 11.6 Å². The van der Waals surface area contributed by atoms with Crippen molar-refractivity contribution >= 4 is 11.6 Å². The molecule has 5 nitrogen and oxygen atoms in total. The van der Waals surface area contributed by atoms with Gasteiger partial charge < -0.3 is 20.1 Å². The van der Waals surface area contributed by atoms with Crippen LogP contribution in [0.4, 0.5) is 0 Å². The summed E-state index contributed by atoms with van der Waals surface area (Å²) in [5.74, 6) is 2.82. The minimum absolute atomic E-state index is 0.394. The molecule has 6 heteroatoms. The largest absolute Gasteiger partial charge is 0.493 e. The molecule has 1 saturated heterocycles. The molecule has 1 aliphatic heterocycles. The number of ether oxygens (including phenoxy) is 2. The molecule has 152 valence electrons. The van der Waals surface area contributed by atoms with Crippen molar-refractivity contribution in [3.05, 3.63) is 52.8 Å². The van der Waals surface area contributed by atoms with Gasteiger partial charge in [0.05, 0.1) is 17.3 Å². The molecule has 1 aliphatic rings. The van der Waals surface area contributed by atoms with Gasteiger partial charge in [-0.3, -0.25) is 4.98 Å². The van der Waals surface area contributed by atoms with Crippen molar-refractivity contribution in [2.45, 2.75) is 33.4 Å². The van der Waals surface area contributed by atoms with Gasteiger partial charge >= 0.3 is 0 Å². The summed E-state index contributed by atoms with van der Waals surface area (Å²) < 4.78 is 11.9. The van der Waals surface area contributed by atoms with Gasteiger partial charge in [0.15, 0.2) is 0 Å². The van der Waals surface area contributed by atoms with Gasteiger partial charge in [-0.25, -0.2) is 0 Å². The Bertz CT molecular complexity index is 731. The zero-order valence-corrected chi connectivity index (χ0v) is 17.5. The van der Waals surface area contributed by atoms with Crippen molar-refractivity contribution in [3.63, 3.8) is 0 Å². The summed E-state index contributed by atoms with van der Waals surface area (Å²) >= 11 is 5.90. The summed E-state index contributed by atoms with van der Waals surface area (Å²) in [7, 11) is 0. The second-order valence-corrected chi connectivity index (χ2v) is 8.20. The second kappa shape index (κ2) is 10.6. The van der Waals surface area contributed by atoms with E-state index in [1.165, 1.54) is 6.42 Å². The Morgan fingerprint density at radius 2 is 2.04 bits per heavy atom. The van der Waals surface area contributed by atoms with E-state index in [9.17, 15) is 0 Å². The Balaban J connectivity index is 1.62. The van der Waals surface area contributed by atoms with Crippen LogP contribution in [-0.4, -0.2) is 31.2 Å². The van der Waals surface area contributed by atoms with E-state index in [1.807, 2.05) is 18.2 Å². The van der Waals surface area contributed by atoms with Gasteiger partial charge in [0.25, 0.3) is 0 Å². The molecule has 1 aromatic heterocycles. The quantitative estimate of drug-likeness (QED) is 0.626. The van der Waals surface area contributed by atoms with E-state index in [1.54, 1.807) is 6.20 Å². The molecule has 2 aromatic rings. The number of rotatable bonds is 10. The number of benzene rings is 1. The van der Waals surface area contributed by atoms with Crippen LogP contribution in [0.15, 0.2) is 36.5 Å². The lowest BCUT2D eigenvalue weighted by atomic mass is 10.1. The van der Waals surface area contributed by atoms with E-state index < -0.39 is 0 Å². The second-order valence-electron chi connectivity index (χ2n) is 7.76. The van der Waals surface area contributed by atoms with Crippen LogP contribution in [0.25, 0.3) is 0 Å². The predicted octanol–water partition coefficient (Wildman–Crippen LogP) is 4.05. The smallest absolute Gasteiger partial charge is 0.130 e. The summed E-state index contributed by atoms with van der Waals surface area (Å²) in [6.45, 7) is 9.41. The highest BCUT2D eigenvalue weighted by Gasteiger charge is 2.13. The molecule has 0 amide bonds. The molecule has 1 fully saturated rings. The van der Waals surface area contributed by atoms with Crippen LogP contribution in [0.5, 0.6) is 11.5 Å². The third-order valence-electron chi connectivity index (χ3n) is 4.62. The SMILES string of the molecule is CC(C)COc1cc(CNCC2CCNC2)cc(OCc2ccc(Cl)cn2)c1. The molecule has 0 spiro atoms. The average Bonchev–Trinajstić information content (AvgIpc) is 3.19. The lowest BCUT2D eigenvalue weighted by molar-refractivity contribution is 0.265. The van der Waals surface area contributed by atoms with E-state index >= 15 is 0 Å². The summed E-state index contributed by atoms with van der Waals surface area (Å²) in [6, 6.07) is 9.80. The Labute approximate surface area is 172 Å². The lowest BCUT2D eigenvalue weighted by Gasteiger charge is -2.15. The number of nitrogens with zero attached hydrogens (tertiary/aromatic N) is 1. The van der Waals surface area contributed by atoms with Gasteiger partial charge in [-0.05, 0) is 67.7 Å². The molecule has 28 heavy (non-hydrogen) atoms. The highest BCUT2D eigenvalue weighted by Crippen LogP contribution is 2.24. The fraction of sp³-hybridized carbons (Fsp3) is 0.500. The Hall–Kier alpha value is -1.82. The molecule has 1 atom stereocenters. The molecule has 0 aliphatic carbocycles. The van der Waals surface area contributed by atoms with Gasteiger partial charge in [0, 0.05) is 18.8 Å². The first kappa shape index (κ1) is 20.9. The summed E-state index contributed by atoms with van der Waals surface area (Å²) in [6.07, 6.45) is 2.88. The molecule has 1 unspecified atom stereocenters. The first-order valence-corrected chi connectivity index (χ1v) is 10.4. The van der Waals surface area contributed by atoms with Crippen molar-refractivity contribution in [1.29, 1.82) is 0 Å². The number of hydrogen-bond acceptors (Lipinski definition) is 5. The topological polar surface area (TPSA) is 55.4 Å². The number of aromatic nitrogens is 1. The maximum atomic E-state index is 5.98. The standard InChI is InChI=1S/C22H30ClN3O2/c1-16(2)14-27-21-7-18(12-25-11-17-5-6-24-10-17)8-22(9-21)28-15-20-4-3-19(23)13-26-20/h3-4,7-9,13,16-17,24-25H,5-6,10-12,14-15H2,1-2H3. The van der Waals surface area contributed by atoms with Crippen LogP contribution in [0.1, 0.15) is 31.5 Å². The fourth-order valence-corrected chi connectivity index (χ4v) is 3.23. The monoisotopic (exact) mass is 403 g/mol. The van der Waals surface area contributed by atoms with Crippen LogP contribution < -0.4 is 20.1 Å². The van der Waals surface area contributed by atoms with E-state index in [0.29, 0.717) is 30.1 Å². The van der Waals surface area contributed by atoms with Crippen molar-refractivity contribution in [1.82, 2.24) is 15.6 Å². The predicted molar refractivity (Wildman–Crippen MR) is 113 cm³/mol. The van der Waals surface area contributed by atoms with Crippen LogP contribution in [0.3, 0.4) is 0 Å². The fourth-order valence-electron chi connectivity index (χ4n) is 3.12. The van der Waals surface area contributed by atoms with Gasteiger partial charge in [-0.2, -0.15) is 0 Å².